The molecule has 7 heteroatoms. The van der Waals surface area contributed by atoms with Crippen LogP contribution in [0.15, 0.2) is 60.2 Å². The van der Waals surface area contributed by atoms with Crippen molar-refractivity contribution in [1.82, 2.24) is 14.9 Å². The molecule has 1 N–H and O–H groups in total. The van der Waals surface area contributed by atoms with Gasteiger partial charge in [0.1, 0.15) is 18.7 Å². The lowest BCUT2D eigenvalue weighted by Crippen LogP contribution is -2.23. The van der Waals surface area contributed by atoms with E-state index >= 15 is 0 Å². The minimum absolute atomic E-state index is 0.164. The third-order valence-corrected chi connectivity index (χ3v) is 5.41. The second-order valence-electron chi connectivity index (χ2n) is 7.46. The number of hydrogen-bond acceptors (Lipinski definition) is 6. The normalized spacial score (nSPS) is 15.7. The molecule has 1 aromatic heterocycles. The Hall–Kier alpha value is -3.32. The van der Waals surface area contributed by atoms with Gasteiger partial charge in [-0.3, -0.25) is 9.36 Å². The molecule has 0 saturated carbocycles. The Morgan fingerprint density at radius 2 is 2.13 bits per heavy atom. The van der Waals surface area contributed by atoms with Crippen LogP contribution in [0.3, 0.4) is 0 Å². The predicted octanol–water partition coefficient (Wildman–Crippen LogP) is 3.48. The van der Waals surface area contributed by atoms with Gasteiger partial charge in [0.05, 0.1) is 30.3 Å². The molecule has 162 valence electrons. The summed E-state index contributed by atoms with van der Waals surface area (Å²) >= 11 is 0. The number of benzene rings is 2. The lowest BCUT2D eigenvalue weighted by Gasteiger charge is -2.15. The number of methoxy groups -OCH3 is 1. The van der Waals surface area contributed by atoms with Crippen molar-refractivity contribution in [3.63, 3.8) is 0 Å². The maximum atomic E-state index is 13.0. The fourth-order valence-corrected chi connectivity index (χ4v) is 3.77. The zero-order valence-electron chi connectivity index (χ0n) is 17.7. The highest BCUT2D eigenvalue weighted by atomic mass is 16.5. The van der Waals surface area contributed by atoms with Gasteiger partial charge in [0.15, 0.2) is 11.5 Å². The molecular formula is C24H27N3O4. The van der Waals surface area contributed by atoms with Crippen molar-refractivity contribution < 1.29 is 14.2 Å². The molecule has 2 aromatic carbocycles. The second-order valence-corrected chi connectivity index (χ2v) is 7.46. The first-order valence-electron chi connectivity index (χ1n) is 10.5. The molecule has 2 heterocycles. The maximum Gasteiger partial charge on any atom is 0.265 e. The standard InChI is InChI=1S/C24H27N3O4/c1-3-12-30-19-7-8-20-21(15-19)26-16-27(24(20)28)18-6-9-22(23(14-18)29-2)31-13-10-17-5-4-11-25-17/h3,6-9,14-17,25H,1,4-5,10-13H2,2H3. The SMILES string of the molecule is C=CCOc1ccc2c(=O)n(-c3ccc(OCCC4CCCN4)c(OC)c3)cnc2c1. The van der Waals surface area contributed by atoms with Crippen molar-refractivity contribution in [3.05, 3.63) is 65.7 Å². The lowest BCUT2D eigenvalue weighted by molar-refractivity contribution is 0.275. The van der Waals surface area contributed by atoms with Gasteiger partial charge in [-0.05, 0) is 50.1 Å². The van der Waals surface area contributed by atoms with Crippen LogP contribution < -0.4 is 25.1 Å². The largest absolute Gasteiger partial charge is 0.493 e. The van der Waals surface area contributed by atoms with Gasteiger partial charge in [0, 0.05) is 18.2 Å². The first-order valence-corrected chi connectivity index (χ1v) is 10.5. The minimum Gasteiger partial charge on any atom is -0.493 e. The first kappa shape index (κ1) is 20.9. The van der Waals surface area contributed by atoms with Crippen molar-refractivity contribution in [2.75, 3.05) is 26.9 Å². The molecule has 0 amide bonds. The zero-order valence-corrected chi connectivity index (χ0v) is 17.7. The summed E-state index contributed by atoms with van der Waals surface area (Å²) in [6, 6.07) is 11.2. The number of hydrogen-bond donors (Lipinski definition) is 1. The number of nitrogens with one attached hydrogen (secondary N) is 1. The Balaban J connectivity index is 1.55. The summed E-state index contributed by atoms with van der Waals surface area (Å²) in [5, 5.41) is 3.98. The van der Waals surface area contributed by atoms with E-state index in [9.17, 15) is 4.79 Å². The van der Waals surface area contributed by atoms with Crippen molar-refractivity contribution in [2.45, 2.75) is 25.3 Å². The van der Waals surface area contributed by atoms with Crippen LogP contribution in [-0.2, 0) is 0 Å². The van der Waals surface area contributed by atoms with Crippen LogP contribution in [-0.4, -0.2) is 42.5 Å². The molecule has 0 spiro atoms. The number of rotatable bonds is 9. The number of ether oxygens (including phenoxy) is 3. The van der Waals surface area contributed by atoms with Gasteiger partial charge >= 0.3 is 0 Å². The Morgan fingerprint density at radius 1 is 1.23 bits per heavy atom. The summed E-state index contributed by atoms with van der Waals surface area (Å²) in [6.45, 7) is 5.73. The quantitative estimate of drug-likeness (QED) is 0.533. The van der Waals surface area contributed by atoms with E-state index in [1.807, 2.05) is 12.1 Å². The first-order chi connectivity index (χ1) is 15.2. The van der Waals surface area contributed by atoms with Crippen molar-refractivity contribution in [2.24, 2.45) is 0 Å². The third kappa shape index (κ3) is 4.72. The van der Waals surface area contributed by atoms with Gasteiger partial charge in [-0.2, -0.15) is 0 Å². The average molecular weight is 421 g/mol. The van der Waals surface area contributed by atoms with E-state index in [1.54, 1.807) is 37.5 Å². The molecule has 7 nitrogen and oxygen atoms in total. The average Bonchev–Trinajstić information content (AvgIpc) is 3.31. The van der Waals surface area contributed by atoms with E-state index in [0.29, 0.717) is 53.1 Å². The molecule has 1 fully saturated rings. The zero-order chi connectivity index (χ0) is 21.6. The van der Waals surface area contributed by atoms with Crippen LogP contribution in [0, 0.1) is 0 Å². The van der Waals surface area contributed by atoms with Crippen LogP contribution in [0.25, 0.3) is 16.6 Å². The third-order valence-electron chi connectivity index (χ3n) is 5.41. The van der Waals surface area contributed by atoms with E-state index in [4.69, 9.17) is 14.2 Å². The van der Waals surface area contributed by atoms with Gasteiger partial charge < -0.3 is 19.5 Å². The molecule has 4 rings (SSSR count). The Kier molecular flexibility index (Phi) is 6.52. The fourth-order valence-electron chi connectivity index (χ4n) is 3.77. The molecule has 0 radical (unpaired) electrons. The highest BCUT2D eigenvalue weighted by Gasteiger charge is 2.15. The molecular weight excluding hydrogens is 394 g/mol. The summed E-state index contributed by atoms with van der Waals surface area (Å²) < 4.78 is 18.5. The van der Waals surface area contributed by atoms with Crippen LogP contribution in [0.4, 0.5) is 0 Å². The van der Waals surface area contributed by atoms with Crippen LogP contribution in [0.2, 0.25) is 0 Å². The van der Waals surface area contributed by atoms with Crippen LogP contribution in [0.1, 0.15) is 19.3 Å². The van der Waals surface area contributed by atoms with Crippen molar-refractivity contribution in [1.29, 1.82) is 0 Å². The van der Waals surface area contributed by atoms with E-state index < -0.39 is 0 Å². The highest BCUT2D eigenvalue weighted by molar-refractivity contribution is 5.79. The van der Waals surface area contributed by atoms with Gasteiger partial charge in [-0.1, -0.05) is 12.7 Å². The molecule has 31 heavy (non-hydrogen) atoms. The Morgan fingerprint density at radius 3 is 2.90 bits per heavy atom. The van der Waals surface area contributed by atoms with Gasteiger partial charge in [0.2, 0.25) is 0 Å². The van der Waals surface area contributed by atoms with Gasteiger partial charge in [-0.15, -0.1) is 0 Å². The van der Waals surface area contributed by atoms with E-state index in [0.717, 1.165) is 13.0 Å². The minimum atomic E-state index is -0.164. The summed E-state index contributed by atoms with van der Waals surface area (Å²) in [5.74, 6) is 1.89. The number of fused-ring (bicyclic) bond motifs is 1. The van der Waals surface area contributed by atoms with E-state index in [-0.39, 0.29) is 5.56 Å². The fraction of sp³-hybridized carbons (Fsp3) is 0.333. The van der Waals surface area contributed by atoms with Crippen molar-refractivity contribution >= 4 is 10.9 Å². The van der Waals surface area contributed by atoms with Crippen LogP contribution >= 0.6 is 0 Å². The number of aromatic nitrogens is 2. The summed E-state index contributed by atoms with van der Waals surface area (Å²) in [5.41, 5.74) is 1.08. The molecule has 1 unspecified atom stereocenters. The highest BCUT2D eigenvalue weighted by Crippen LogP contribution is 2.30. The molecule has 3 aromatic rings. The second kappa shape index (κ2) is 9.66. The molecule has 1 saturated heterocycles. The topological polar surface area (TPSA) is 74.6 Å². The molecule has 1 aliphatic heterocycles. The summed E-state index contributed by atoms with van der Waals surface area (Å²) in [6.07, 6.45) is 6.56. The lowest BCUT2D eigenvalue weighted by atomic mass is 10.2. The molecule has 0 bridgehead atoms. The van der Waals surface area contributed by atoms with E-state index in [2.05, 4.69) is 16.9 Å². The van der Waals surface area contributed by atoms with Gasteiger partial charge in [-0.25, -0.2) is 4.98 Å². The van der Waals surface area contributed by atoms with Crippen LogP contribution in [0.5, 0.6) is 17.2 Å². The smallest absolute Gasteiger partial charge is 0.265 e. The Bertz CT molecular complexity index is 1120. The maximum absolute atomic E-state index is 13.0. The molecule has 1 atom stereocenters. The van der Waals surface area contributed by atoms with E-state index in [1.165, 1.54) is 23.7 Å². The van der Waals surface area contributed by atoms with Gasteiger partial charge in [0.25, 0.3) is 5.56 Å². The summed E-state index contributed by atoms with van der Waals surface area (Å²) in [7, 11) is 1.59. The predicted molar refractivity (Wildman–Crippen MR) is 121 cm³/mol. The molecule has 1 aliphatic rings. The number of nitrogens with zero attached hydrogens (tertiary/aromatic N) is 2. The Labute approximate surface area is 181 Å². The summed E-state index contributed by atoms with van der Waals surface area (Å²) in [4.78, 5) is 17.5. The van der Waals surface area contributed by atoms with Crippen molar-refractivity contribution in [3.8, 4) is 22.9 Å². The monoisotopic (exact) mass is 421 g/mol. The molecule has 0 aliphatic carbocycles.